The number of aromatic nitrogens is 3. The van der Waals surface area contributed by atoms with Crippen LogP contribution < -0.4 is 21.3 Å². The molecule has 1 aromatic carbocycles. The average molecular weight is 537 g/mol. The molecule has 9 nitrogen and oxygen atoms in total. The van der Waals surface area contributed by atoms with E-state index in [0.717, 1.165) is 12.2 Å². The molecule has 3 aromatic rings. The van der Waals surface area contributed by atoms with Crippen molar-refractivity contribution in [3.05, 3.63) is 64.6 Å². The van der Waals surface area contributed by atoms with Gasteiger partial charge in [-0.05, 0) is 38.5 Å². The Morgan fingerprint density at radius 1 is 1.21 bits per heavy atom. The maximum Gasteiger partial charge on any atom is 0.419 e. The zero-order valence-electron chi connectivity index (χ0n) is 20.6. The Bertz CT molecular complexity index is 1350. The number of likely N-dealkylation sites (N-methyl/N-ethyl adjacent to an activating group) is 1. The maximum atomic E-state index is 14.9. The zero-order chi connectivity index (χ0) is 28.2. The van der Waals surface area contributed by atoms with Crippen molar-refractivity contribution in [3.63, 3.8) is 0 Å². The molecule has 0 saturated carbocycles. The molecule has 202 valence electrons. The lowest BCUT2D eigenvalue weighted by Crippen LogP contribution is -2.18. The number of nitrogens with zero attached hydrogens (tertiary/aromatic N) is 4. The molecular weight excluding hydrogens is 511 g/mol. The molecule has 1 amide bonds. The number of benzene rings is 1. The number of alkyl halides is 3. The smallest absolute Gasteiger partial charge is 0.383 e. The molecule has 14 heteroatoms. The SMILES string of the molecule is CC(C)Nc1ncnc(N)c1C(=N)c1ccc2c(c1F)CCN2C.O=CNc1cc(C(F)(F)F)c(F)cn1. The van der Waals surface area contributed by atoms with Crippen molar-refractivity contribution in [2.45, 2.75) is 32.5 Å². The van der Waals surface area contributed by atoms with Crippen LogP contribution in [0.1, 0.15) is 36.1 Å². The monoisotopic (exact) mass is 536 g/mol. The van der Waals surface area contributed by atoms with Gasteiger partial charge in [0.2, 0.25) is 6.41 Å². The number of hydrogen-bond acceptors (Lipinski definition) is 8. The van der Waals surface area contributed by atoms with Gasteiger partial charge in [-0.25, -0.2) is 23.7 Å². The average Bonchev–Trinajstić information content (AvgIpc) is 3.21. The normalized spacial score (nSPS) is 12.5. The first-order valence-electron chi connectivity index (χ1n) is 11.3. The Balaban J connectivity index is 0.000000244. The predicted molar refractivity (Wildman–Crippen MR) is 133 cm³/mol. The van der Waals surface area contributed by atoms with E-state index in [1.54, 1.807) is 6.07 Å². The van der Waals surface area contributed by atoms with E-state index >= 15 is 0 Å². The van der Waals surface area contributed by atoms with Gasteiger partial charge in [0.15, 0.2) is 5.82 Å². The van der Waals surface area contributed by atoms with E-state index in [0.29, 0.717) is 35.6 Å². The number of nitrogens with one attached hydrogen (secondary N) is 3. The highest BCUT2D eigenvalue weighted by atomic mass is 19.4. The van der Waals surface area contributed by atoms with Gasteiger partial charge in [0, 0.05) is 36.4 Å². The molecule has 1 aliphatic rings. The molecule has 0 fully saturated rings. The number of nitrogens with two attached hydrogens (primary N) is 1. The van der Waals surface area contributed by atoms with E-state index in [9.17, 15) is 26.7 Å². The molecule has 0 bridgehead atoms. The molecule has 0 unspecified atom stereocenters. The number of pyridine rings is 1. The summed E-state index contributed by atoms with van der Waals surface area (Å²) in [6.45, 7) is 4.69. The van der Waals surface area contributed by atoms with Crippen LogP contribution in [0.15, 0.2) is 30.7 Å². The topological polar surface area (TPSA) is 133 Å². The van der Waals surface area contributed by atoms with Crippen molar-refractivity contribution >= 4 is 35.3 Å². The number of anilines is 4. The number of halogens is 5. The van der Waals surface area contributed by atoms with Gasteiger partial charge >= 0.3 is 6.18 Å². The minimum Gasteiger partial charge on any atom is -0.383 e. The van der Waals surface area contributed by atoms with Gasteiger partial charge in [0.05, 0.1) is 23.0 Å². The second-order valence-corrected chi connectivity index (χ2v) is 8.56. The summed E-state index contributed by atoms with van der Waals surface area (Å²) in [5.41, 5.74) is 6.56. The Morgan fingerprint density at radius 3 is 2.55 bits per heavy atom. The lowest BCUT2D eigenvalue weighted by atomic mass is 9.98. The summed E-state index contributed by atoms with van der Waals surface area (Å²) in [5, 5.41) is 13.5. The number of carbonyl (C=O) groups is 1. The second-order valence-electron chi connectivity index (χ2n) is 8.56. The van der Waals surface area contributed by atoms with E-state index in [4.69, 9.17) is 11.1 Å². The molecule has 38 heavy (non-hydrogen) atoms. The third kappa shape index (κ3) is 6.12. The van der Waals surface area contributed by atoms with Gasteiger partial charge in [-0.3, -0.25) is 10.2 Å². The molecule has 0 atom stereocenters. The van der Waals surface area contributed by atoms with E-state index < -0.39 is 17.6 Å². The summed E-state index contributed by atoms with van der Waals surface area (Å²) in [6, 6.07) is 4.00. The number of carbonyl (C=O) groups excluding carboxylic acids is 1. The highest BCUT2D eigenvalue weighted by Gasteiger charge is 2.34. The molecule has 0 spiro atoms. The molecule has 3 heterocycles. The van der Waals surface area contributed by atoms with Crippen LogP contribution in [0.4, 0.5) is 45.1 Å². The van der Waals surface area contributed by atoms with Crippen molar-refractivity contribution in [2.24, 2.45) is 0 Å². The number of rotatable bonds is 6. The summed E-state index contributed by atoms with van der Waals surface area (Å²) < 4.78 is 63.8. The van der Waals surface area contributed by atoms with Crippen LogP contribution >= 0.6 is 0 Å². The summed E-state index contributed by atoms with van der Waals surface area (Å²) in [6.07, 6.45) is -2.27. The van der Waals surface area contributed by atoms with E-state index in [2.05, 4.69) is 20.3 Å². The predicted octanol–water partition coefficient (Wildman–Crippen LogP) is 4.23. The largest absolute Gasteiger partial charge is 0.419 e. The Morgan fingerprint density at radius 2 is 1.92 bits per heavy atom. The highest BCUT2D eigenvalue weighted by Crippen LogP contribution is 2.33. The third-order valence-corrected chi connectivity index (χ3v) is 5.52. The Kier molecular flexibility index (Phi) is 8.43. The Labute approximate surface area is 214 Å². The van der Waals surface area contributed by atoms with Crippen molar-refractivity contribution in [1.29, 1.82) is 5.41 Å². The summed E-state index contributed by atoms with van der Waals surface area (Å²) in [4.78, 5) is 23.3. The van der Waals surface area contributed by atoms with Crippen LogP contribution in [0.25, 0.3) is 0 Å². The van der Waals surface area contributed by atoms with Crippen LogP contribution in [0.2, 0.25) is 0 Å². The lowest BCUT2D eigenvalue weighted by molar-refractivity contribution is -0.140. The summed E-state index contributed by atoms with van der Waals surface area (Å²) in [5.74, 6) is -1.59. The zero-order valence-corrected chi connectivity index (χ0v) is 20.6. The molecule has 2 aromatic heterocycles. The van der Waals surface area contributed by atoms with E-state index in [-0.39, 0.29) is 41.2 Å². The van der Waals surface area contributed by atoms with Gasteiger partial charge in [0.25, 0.3) is 0 Å². The molecular formula is C24H25F5N8O. The van der Waals surface area contributed by atoms with Crippen LogP contribution in [-0.4, -0.2) is 46.7 Å². The molecule has 1 aliphatic heterocycles. The summed E-state index contributed by atoms with van der Waals surface area (Å²) >= 11 is 0. The summed E-state index contributed by atoms with van der Waals surface area (Å²) in [7, 11) is 1.93. The first kappa shape index (κ1) is 28.2. The first-order chi connectivity index (χ1) is 17.8. The van der Waals surface area contributed by atoms with E-state index in [1.807, 2.05) is 37.2 Å². The highest BCUT2D eigenvalue weighted by molar-refractivity contribution is 6.16. The van der Waals surface area contributed by atoms with Crippen molar-refractivity contribution in [3.8, 4) is 0 Å². The minimum atomic E-state index is -4.80. The van der Waals surface area contributed by atoms with Crippen LogP contribution in [0.3, 0.4) is 0 Å². The van der Waals surface area contributed by atoms with Gasteiger partial charge in [0.1, 0.15) is 29.6 Å². The van der Waals surface area contributed by atoms with Gasteiger partial charge in [-0.15, -0.1) is 0 Å². The molecule has 4 rings (SSSR count). The lowest BCUT2D eigenvalue weighted by Gasteiger charge is -2.17. The fourth-order valence-electron chi connectivity index (χ4n) is 3.76. The van der Waals surface area contributed by atoms with Gasteiger partial charge in [-0.1, -0.05) is 0 Å². The molecule has 0 radical (unpaired) electrons. The number of hydrogen-bond donors (Lipinski definition) is 4. The van der Waals surface area contributed by atoms with Crippen LogP contribution in [-0.2, 0) is 17.4 Å². The standard InChI is InChI=1S/C17H21FN6.C7H4F4N2O/c1-9(2)23-17-13(16(20)21-8-22-17)15(19)11-4-5-12-10(14(11)18)6-7-24(12)3;8-5-2-12-6(13-3-14)1-4(5)7(9,10)11/h4-5,8-9,19H,6-7H2,1-3H3,(H3,20,21,22,23);1-3H,(H,12,13,14). The third-order valence-electron chi connectivity index (χ3n) is 5.52. The molecule has 0 saturated heterocycles. The molecule has 0 aliphatic carbocycles. The van der Waals surface area contributed by atoms with Gasteiger partial charge in [-0.2, -0.15) is 13.2 Å². The fourth-order valence-corrected chi connectivity index (χ4v) is 3.76. The Hall–Kier alpha value is -4.36. The number of nitrogen functional groups attached to an aromatic ring is 1. The van der Waals surface area contributed by atoms with Crippen LogP contribution in [0.5, 0.6) is 0 Å². The first-order valence-corrected chi connectivity index (χ1v) is 11.3. The van der Waals surface area contributed by atoms with Crippen molar-refractivity contribution in [1.82, 2.24) is 15.0 Å². The van der Waals surface area contributed by atoms with Crippen molar-refractivity contribution in [2.75, 3.05) is 34.9 Å². The maximum absolute atomic E-state index is 14.9. The fraction of sp³-hybridized carbons (Fsp3) is 0.292. The quantitative estimate of drug-likeness (QED) is 0.211. The van der Waals surface area contributed by atoms with Crippen LogP contribution in [0, 0.1) is 17.0 Å². The second kappa shape index (κ2) is 11.4. The van der Waals surface area contributed by atoms with Gasteiger partial charge < -0.3 is 21.3 Å². The minimum absolute atomic E-state index is 0.00824. The number of amides is 1. The van der Waals surface area contributed by atoms with E-state index in [1.165, 1.54) is 6.33 Å². The molecule has 5 N–H and O–H groups in total. The number of fused-ring (bicyclic) bond motifs is 1. The van der Waals surface area contributed by atoms with Crippen molar-refractivity contribution < 1.29 is 26.7 Å².